The topological polar surface area (TPSA) is 32.8 Å². The van der Waals surface area contributed by atoms with Gasteiger partial charge in [0.2, 0.25) is 0 Å². The van der Waals surface area contributed by atoms with Gasteiger partial charge >= 0.3 is 0 Å². The van der Waals surface area contributed by atoms with Crippen molar-refractivity contribution in [3.63, 3.8) is 0 Å². The van der Waals surface area contributed by atoms with Crippen LogP contribution >= 0.6 is 0 Å². The Balaban J connectivity index is 1.65. The molecule has 0 N–H and O–H groups in total. The van der Waals surface area contributed by atoms with Crippen molar-refractivity contribution in [1.82, 2.24) is 9.80 Å². The van der Waals surface area contributed by atoms with Crippen molar-refractivity contribution < 1.29 is 9.53 Å². The Morgan fingerprint density at radius 3 is 2.64 bits per heavy atom. The lowest BCUT2D eigenvalue weighted by atomic mass is 10.2. The van der Waals surface area contributed by atoms with E-state index in [9.17, 15) is 4.79 Å². The molecule has 1 unspecified atom stereocenters. The number of likely N-dealkylation sites (N-methyl/N-ethyl adjacent to an activating group) is 1. The first-order valence-electron chi connectivity index (χ1n) is 8.29. The molecule has 4 nitrogen and oxygen atoms in total. The maximum absolute atomic E-state index is 12.3. The number of carbonyl (C=O) groups is 1. The number of rotatable bonds is 8. The SMILES string of the molecule is CC(OCc1ccccc1)C(=O)N(C)CCCN1CCCC1. The van der Waals surface area contributed by atoms with Gasteiger partial charge in [-0.3, -0.25) is 4.79 Å². The van der Waals surface area contributed by atoms with Gasteiger partial charge in [-0.2, -0.15) is 0 Å². The highest BCUT2D eigenvalue weighted by molar-refractivity contribution is 5.80. The van der Waals surface area contributed by atoms with Gasteiger partial charge in [-0.15, -0.1) is 0 Å². The van der Waals surface area contributed by atoms with Crippen LogP contribution in [0.1, 0.15) is 31.7 Å². The summed E-state index contributed by atoms with van der Waals surface area (Å²) in [5.41, 5.74) is 1.10. The first-order valence-corrected chi connectivity index (χ1v) is 8.29. The highest BCUT2D eigenvalue weighted by atomic mass is 16.5. The molecule has 4 heteroatoms. The molecule has 1 aromatic carbocycles. The predicted molar refractivity (Wildman–Crippen MR) is 88.6 cm³/mol. The van der Waals surface area contributed by atoms with Crippen LogP contribution in [0, 0.1) is 0 Å². The van der Waals surface area contributed by atoms with Crippen molar-refractivity contribution in [3.05, 3.63) is 35.9 Å². The summed E-state index contributed by atoms with van der Waals surface area (Å²) in [4.78, 5) is 16.6. The first kappa shape index (κ1) is 17.0. The summed E-state index contributed by atoms with van der Waals surface area (Å²) in [6.45, 7) is 6.64. The van der Waals surface area contributed by atoms with E-state index in [1.165, 1.54) is 25.9 Å². The summed E-state index contributed by atoms with van der Waals surface area (Å²) in [5.74, 6) is 0.0670. The van der Waals surface area contributed by atoms with Gasteiger partial charge in [-0.05, 0) is 51.4 Å². The molecule has 2 rings (SSSR count). The second-order valence-electron chi connectivity index (χ2n) is 6.10. The molecule has 0 radical (unpaired) electrons. The van der Waals surface area contributed by atoms with Crippen LogP contribution in [0.25, 0.3) is 0 Å². The molecule has 0 bridgehead atoms. The number of hydrogen-bond acceptors (Lipinski definition) is 3. The second-order valence-corrected chi connectivity index (χ2v) is 6.10. The number of carbonyl (C=O) groups excluding carboxylic acids is 1. The zero-order valence-electron chi connectivity index (χ0n) is 13.8. The van der Waals surface area contributed by atoms with E-state index in [0.29, 0.717) is 6.61 Å². The Kier molecular flexibility index (Phi) is 6.87. The Hall–Kier alpha value is -1.39. The molecule has 1 amide bonds. The Bertz CT molecular complexity index is 444. The smallest absolute Gasteiger partial charge is 0.251 e. The molecule has 1 aliphatic heterocycles. The summed E-state index contributed by atoms with van der Waals surface area (Å²) >= 11 is 0. The van der Waals surface area contributed by atoms with Crippen LogP contribution in [-0.4, -0.2) is 55.0 Å². The highest BCUT2D eigenvalue weighted by Gasteiger charge is 2.18. The van der Waals surface area contributed by atoms with E-state index < -0.39 is 6.10 Å². The molecular formula is C18H28N2O2. The zero-order chi connectivity index (χ0) is 15.8. The number of hydrogen-bond donors (Lipinski definition) is 0. The monoisotopic (exact) mass is 304 g/mol. The molecule has 0 spiro atoms. The minimum atomic E-state index is -0.392. The zero-order valence-corrected chi connectivity index (χ0v) is 13.8. The van der Waals surface area contributed by atoms with E-state index in [4.69, 9.17) is 4.74 Å². The molecule has 1 atom stereocenters. The molecule has 1 aromatic rings. The van der Waals surface area contributed by atoms with Gasteiger partial charge in [0.25, 0.3) is 5.91 Å². The Labute approximate surface area is 134 Å². The van der Waals surface area contributed by atoms with Gasteiger partial charge < -0.3 is 14.5 Å². The van der Waals surface area contributed by atoms with Crippen LogP contribution in [0.3, 0.4) is 0 Å². The fraction of sp³-hybridized carbons (Fsp3) is 0.611. The van der Waals surface area contributed by atoms with Gasteiger partial charge in [0.15, 0.2) is 0 Å². The van der Waals surface area contributed by atoms with E-state index in [1.54, 1.807) is 4.90 Å². The third-order valence-corrected chi connectivity index (χ3v) is 4.23. The van der Waals surface area contributed by atoms with Crippen LogP contribution in [0.4, 0.5) is 0 Å². The van der Waals surface area contributed by atoms with Gasteiger partial charge in [0.1, 0.15) is 6.10 Å². The average Bonchev–Trinajstić information content (AvgIpc) is 3.06. The normalized spacial score (nSPS) is 16.6. The van der Waals surface area contributed by atoms with Crippen molar-refractivity contribution >= 4 is 5.91 Å². The van der Waals surface area contributed by atoms with Crippen LogP contribution in [-0.2, 0) is 16.1 Å². The van der Waals surface area contributed by atoms with Gasteiger partial charge in [-0.25, -0.2) is 0 Å². The minimum Gasteiger partial charge on any atom is -0.364 e. The van der Waals surface area contributed by atoms with Crippen molar-refractivity contribution in [3.8, 4) is 0 Å². The molecule has 1 heterocycles. The summed E-state index contributed by atoms with van der Waals surface area (Å²) in [6.07, 6.45) is 3.28. The van der Waals surface area contributed by atoms with Gasteiger partial charge in [0, 0.05) is 13.6 Å². The molecule has 0 aromatic heterocycles. The Morgan fingerprint density at radius 1 is 1.27 bits per heavy atom. The average molecular weight is 304 g/mol. The standard InChI is InChI=1S/C18H28N2O2/c1-16(22-15-17-9-4-3-5-10-17)18(21)19(2)11-8-14-20-12-6-7-13-20/h3-5,9-10,16H,6-8,11-15H2,1-2H3. The van der Waals surface area contributed by atoms with E-state index in [1.807, 2.05) is 44.3 Å². The van der Waals surface area contributed by atoms with E-state index in [0.717, 1.165) is 25.1 Å². The third-order valence-electron chi connectivity index (χ3n) is 4.23. The van der Waals surface area contributed by atoms with Crippen LogP contribution in [0.2, 0.25) is 0 Å². The minimum absolute atomic E-state index is 0.0670. The molecule has 0 aliphatic carbocycles. The van der Waals surface area contributed by atoms with Crippen LogP contribution in [0.15, 0.2) is 30.3 Å². The number of likely N-dealkylation sites (tertiary alicyclic amines) is 1. The number of benzene rings is 1. The quantitative estimate of drug-likeness (QED) is 0.740. The molecule has 1 fully saturated rings. The third kappa shape index (κ3) is 5.43. The van der Waals surface area contributed by atoms with Gasteiger partial charge in [0.05, 0.1) is 6.61 Å². The largest absolute Gasteiger partial charge is 0.364 e. The van der Waals surface area contributed by atoms with Crippen LogP contribution in [0.5, 0.6) is 0 Å². The van der Waals surface area contributed by atoms with E-state index in [2.05, 4.69) is 4.90 Å². The Morgan fingerprint density at radius 2 is 1.95 bits per heavy atom. The van der Waals surface area contributed by atoms with Crippen LogP contribution < -0.4 is 0 Å². The van der Waals surface area contributed by atoms with Gasteiger partial charge in [-0.1, -0.05) is 30.3 Å². The first-order chi connectivity index (χ1) is 10.7. The van der Waals surface area contributed by atoms with Crippen molar-refractivity contribution in [2.75, 3.05) is 33.2 Å². The maximum Gasteiger partial charge on any atom is 0.251 e. The van der Waals surface area contributed by atoms with Crippen molar-refractivity contribution in [2.45, 2.75) is 38.9 Å². The number of nitrogens with zero attached hydrogens (tertiary/aromatic N) is 2. The lowest BCUT2D eigenvalue weighted by molar-refractivity contribution is -0.142. The summed E-state index contributed by atoms with van der Waals surface area (Å²) in [7, 11) is 1.87. The predicted octanol–water partition coefficient (Wildman–Crippen LogP) is 2.54. The lowest BCUT2D eigenvalue weighted by Crippen LogP contribution is -2.37. The molecule has 1 saturated heterocycles. The lowest BCUT2D eigenvalue weighted by Gasteiger charge is -2.23. The maximum atomic E-state index is 12.3. The highest BCUT2D eigenvalue weighted by Crippen LogP contribution is 2.09. The number of amides is 1. The summed E-state index contributed by atoms with van der Waals surface area (Å²) in [5, 5.41) is 0. The fourth-order valence-corrected chi connectivity index (χ4v) is 2.83. The van der Waals surface area contributed by atoms with Crippen molar-refractivity contribution in [2.24, 2.45) is 0 Å². The number of ether oxygens (including phenoxy) is 1. The molecular weight excluding hydrogens is 276 g/mol. The van der Waals surface area contributed by atoms with E-state index >= 15 is 0 Å². The summed E-state index contributed by atoms with van der Waals surface area (Å²) < 4.78 is 5.69. The molecule has 122 valence electrons. The molecule has 0 saturated carbocycles. The fourth-order valence-electron chi connectivity index (χ4n) is 2.83. The van der Waals surface area contributed by atoms with Crippen molar-refractivity contribution in [1.29, 1.82) is 0 Å². The molecule has 1 aliphatic rings. The summed E-state index contributed by atoms with van der Waals surface area (Å²) in [6, 6.07) is 9.96. The molecule has 22 heavy (non-hydrogen) atoms. The second kappa shape index (κ2) is 8.91. The van der Waals surface area contributed by atoms with E-state index in [-0.39, 0.29) is 5.91 Å².